The Morgan fingerprint density at radius 3 is 2.63 bits per heavy atom. The van der Waals surface area contributed by atoms with Gasteiger partial charge in [0, 0.05) is 24.6 Å². The molecule has 4 heteroatoms. The molecule has 2 aliphatic carbocycles. The number of nitrogens with zero attached hydrogens (tertiary/aromatic N) is 1. The lowest BCUT2D eigenvalue weighted by Crippen LogP contribution is -2.30. The Kier molecular flexibility index (Phi) is 5.43. The van der Waals surface area contributed by atoms with E-state index in [0.717, 1.165) is 35.9 Å². The summed E-state index contributed by atoms with van der Waals surface area (Å²) in [5.74, 6) is 7.71. The Morgan fingerprint density at radius 2 is 1.96 bits per heavy atom. The molecule has 0 bridgehead atoms. The molecular formula is C23H29NO2S. The van der Waals surface area contributed by atoms with Gasteiger partial charge in [0.25, 0.3) is 0 Å². The molecule has 2 fully saturated rings. The van der Waals surface area contributed by atoms with Gasteiger partial charge in [-0.1, -0.05) is 37.2 Å². The Labute approximate surface area is 166 Å². The third-order valence-electron chi connectivity index (χ3n) is 6.32. The summed E-state index contributed by atoms with van der Waals surface area (Å²) in [6.45, 7) is 4.28. The van der Waals surface area contributed by atoms with E-state index in [1.165, 1.54) is 61.0 Å². The molecule has 0 atom stereocenters. The summed E-state index contributed by atoms with van der Waals surface area (Å²) in [7, 11) is 2.14. The molecule has 27 heavy (non-hydrogen) atoms. The number of carboxylic acids is 1. The number of thiophene rings is 1. The number of carboxylic acid groups (broad SMARTS) is 1. The maximum absolute atomic E-state index is 12.0. The van der Waals surface area contributed by atoms with Gasteiger partial charge in [0.2, 0.25) is 0 Å². The molecule has 1 aromatic rings. The zero-order valence-electron chi connectivity index (χ0n) is 16.4. The summed E-state index contributed by atoms with van der Waals surface area (Å²) >= 11 is 1.36. The van der Waals surface area contributed by atoms with Crippen molar-refractivity contribution in [3.05, 3.63) is 27.0 Å². The molecule has 144 valence electrons. The Hall–Kier alpha value is -1.57. The molecule has 0 unspecified atom stereocenters. The molecule has 3 aliphatic rings. The van der Waals surface area contributed by atoms with E-state index in [0.29, 0.717) is 16.7 Å². The van der Waals surface area contributed by atoms with Gasteiger partial charge in [-0.2, -0.15) is 0 Å². The van der Waals surface area contributed by atoms with Crippen molar-refractivity contribution in [1.82, 2.24) is 4.90 Å². The average Bonchev–Trinajstić information content (AvgIpc) is 3.38. The average molecular weight is 384 g/mol. The fourth-order valence-corrected chi connectivity index (χ4v) is 5.35. The van der Waals surface area contributed by atoms with Crippen LogP contribution in [0, 0.1) is 29.6 Å². The van der Waals surface area contributed by atoms with Gasteiger partial charge >= 0.3 is 5.97 Å². The van der Waals surface area contributed by atoms with E-state index in [1.807, 2.05) is 0 Å². The molecule has 1 aliphatic heterocycles. The monoisotopic (exact) mass is 383 g/mol. The third kappa shape index (κ3) is 4.31. The zero-order chi connectivity index (χ0) is 19.0. The number of rotatable bonds is 3. The van der Waals surface area contributed by atoms with Crippen LogP contribution in [0.2, 0.25) is 0 Å². The van der Waals surface area contributed by atoms with Crippen molar-refractivity contribution in [1.29, 1.82) is 0 Å². The van der Waals surface area contributed by atoms with Crippen LogP contribution in [-0.4, -0.2) is 36.1 Å². The smallest absolute Gasteiger partial charge is 0.346 e. The molecule has 4 rings (SSSR count). The van der Waals surface area contributed by atoms with E-state index < -0.39 is 5.97 Å². The fraction of sp³-hybridized carbons (Fsp3) is 0.609. The largest absolute Gasteiger partial charge is 0.477 e. The van der Waals surface area contributed by atoms with Gasteiger partial charge in [-0.15, -0.1) is 11.3 Å². The summed E-state index contributed by atoms with van der Waals surface area (Å²) in [5, 5.41) is 9.82. The highest BCUT2D eigenvalue weighted by atomic mass is 32.1. The van der Waals surface area contributed by atoms with E-state index in [9.17, 15) is 9.90 Å². The van der Waals surface area contributed by atoms with Gasteiger partial charge in [-0.25, -0.2) is 4.79 Å². The van der Waals surface area contributed by atoms with Crippen molar-refractivity contribution in [2.24, 2.45) is 17.8 Å². The fourth-order valence-electron chi connectivity index (χ4n) is 4.47. The van der Waals surface area contributed by atoms with Crippen molar-refractivity contribution in [2.75, 3.05) is 20.1 Å². The Morgan fingerprint density at radius 1 is 1.22 bits per heavy atom. The van der Waals surface area contributed by atoms with Crippen LogP contribution in [0.25, 0.3) is 5.57 Å². The van der Waals surface area contributed by atoms with Crippen LogP contribution in [0.4, 0.5) is 0 Å². The molecule has 0 radical (unpaired) electrons. The molecule has 0 saturated heterocycles. The topological polar surface area (TPSA) is 40.5 Å². The summed E-state index contributed by atoms with van der Waals surface area (Å²) in [5.41, 5.74) is 3.74. The highest BCUT2D eigenvalue weighted by Crippen LogP contribution is 2.41. The standard InChI is InChI=1S/C23H29NO2S/c1-15-3-8-17(9-4-15)19-11-12-24(2)14-21(19)20-13-18(10-7-16-5-6-16)27-22(20)23(25)26/h13,15-17H,3-6,8-9,11-12,14H2,1-2H3,(H,25,26). The van der Waals surface area contributed by atoms with Crippen molar-refractivity contribution in [2.45, 2.75) is 51.9 Å². The predicted molar refractivity (Wildman–Crippen MR) is 111 cm³/mol. The third-order valence-corrected chi connectivity index (χ3v) is 7.35. The van der Waals surface area contributed by atoms with Crippen molar-refractivity contribution in [3.63, 3.8) is 0 Å². The van der Waals surface area contributed by atoms with Gasteiger partial charge in [-0.05, 0) is 62.6 Å². The van der Waals surface area contributed by atoms with Crippen LogP contribution in [0.15, 0.2) is 11.6 Å². The second-order valence-corrected chi connectivity index (χ2v) is 9.70. The first-order valence-electron chi connectivity index (χ1n) is 10.3. The number of carbonyl (C=O) groups is 1. The zero-order valence-corrected chi connectivity index (χ0v) is 17.2. The van der Waals surface area contributed by atoms with Crippen LogP contribution >= 0.6 is 11.3 Å². The van der Waals surface area contributed by atoms with Gasteiger partial charge in [-0.3, -0.25) is 0 Å². The van der Waals surface area contributed by atoms with Crippen LogP contribution in [0.5, 0.6) is 0 Å². The number of hydrogen-bond acceptors (Lipinski definition) is 3. The number of hydrogen-bond donors (Lipinski definition) is 1. The van der Waals surface area contributed by atoms with Crippen molar-refractivity contribution >= 4 is 22.9 Å². The summed E-state index contributed by atoms with van der Waals surface area (Å²) in [6.07, 6.45) is 8.56. The van der Waals surface area contributed by atoms with Gasteiger partial charge in [0.1, 0.15) is 4.88 Å². The molecular weight excluding hydrogens is 354 g/mol. The summed E-state index contributed by atoms with van der Waals surface area (Å²) in [6, 6.07) is 2.06. The quantitative estimate of drug-likeness (QED) is 0.736. The minimum Gasteiger partial charge on any atom is -0.477 e. The van der Waals surface area contributed by atoms with E-state index in [2.05, 4.69) is 36.8 Å². The van der Waals surface area contributed by atoms with Gasteiger partial charge in [0.05, 0.1) is 4.88 Å². The predicted octanol–water partition coefficient (Wildman–Crippen LogP) is 5.12. The van der Waals surface area contributed by atoms with Crippen molar-refractivity contribution in [3.8, 4) is 11.8 Å². The molecule has 1 N–H and O–H groups in total. The Balaban J connectivity index is 1.72. The minimum atomic E-state index is -0.813. The first-order chi connectivity index (χ1) is 13.0. The molecule has 0 aromatic carbocycles. The lowest BCUT2D eigenvalue weighted by atomic mass is 9.75. The van der Waals surface area contributed by atoms with Crippen LogP contribution < -0.4 is 0 Å². The van der Waals surface area contributed by atoms with E-state index in [4.69, 9.17) is 0 Å². The summed E-state index contributed by atoms with van der Waals surface area (Å²) < 4.78 is 0. The van der Waals surface area contributed by atoms with Crippen molar-refractivity contribution < 1.29 is 9.90 Å². The first-order valence-corrected chi connectivity index (χ1v) is 11.1. The maximum atomic E-state index is 12.0. The van der Waals surface area contributed by atoms with E-state index in [1.54, 1.807) is 0 Å². The Bertz CT molecular complexity index is 813. The van der Waals surface area contributed by atoms with Gasteiger partial charge < -0.3 is 10.0 Å². The second-order valence-electron chi connectivity index (χ2n) is 8.65. The lowest BCUT2D eigenvalue weighted by Gasteiger charge is -2.35. The SMILES string of the molecule is CC1CCC(C2=C(c3cc(C#CC4CC4)sc3C(=O)O)CN(C)CC2)CC1. The minimum absolute atomic E-state index is 0.474. The summed E-state index contributed by atoms with van der Waals surface area (Å²) in [4.78, 5) is 15.7. The highest BCUT2D eigenvalue weighted by Gasteiger charge is 2.30. The molecule has 2 saturated carbocycles. The van der Waals surface area contributed by atoms with Crippen LogP contribution in [0.3, 0.4) is 0 Å². The lowest BCUT2D eigenvalue weighted by molar-refractivity contribution is 0.0702. The molecule has 1 aromatic heterocycles. The number of likely N-dealkylation sites (N-methyl/N-ethyl adjacent to an activating group) is 1. The van der Waals surface area contributed by atoms with E-state index >= 15 is 0 Å². The maximum Gasteiger partial charge on any atom is 0.346 e. The van der Waals surface area contributed by atoms with Crippen LogP contribution in [0.1, 0.15) is 72.0 Å². The second kappa shape index (κ2) is 7.81. The highest BCUT2D eigenvalue weighted by molar-refractivity contribution is 7.14. The normalized spacial score (nSPS) is 26.6. The van der Waals surface area contributed by atoms with Crippen LogP contribution in [-0.2, 0) is 0 Å². The molecule has 0 spiro atoms. The number of aromatic carboxylic acids is 1. The molecule has 2 heterocycles. The molecule has 3 nitrogen and oxygen atoms in total. The van der Waals surface area contributed by atoms with E-state index in [-0.39, 0.29) is 0 Å². The first kappa shape index (κ1) is 18.8. The van der Waals surface area contributed by atoms with Gasteiger partial charge in [0.15, 0.2) is 0 Å². The molecule has 0 amide bonds.